The highest BCUT2D eigenvalue weighted by molar-refractivity contribution is 6.31. The van der Waals surface area contributed by atoms with Gasteiger partial charge in [-0.15, -0.1) is 0 Å². The van der Waals surface area contributed by atoms with Crippen molar-refractivity contribution in [2.45, 2.75) is 12.2 Å². The summed E-state index contributed by atoms with van der Waals surface area (Å²) in [6, 6.07) is 5.21. The van der Waals surface area contributed by atoms with E-state index in [1.165, 1.54) is 0 Å². The van der Waals surface area contributed by atoms with Crippen LogP contribution in [0.5, 0.6) is 0 Å². The lowest BCUT2D eigenvalue weighted by Gasteiger charge is -2.21. The van der Waals surface area contributed by atoms with E-state index in [1.807, 2.05) is 0 Å². The van der Waals surface area contributed by atoms with Crippen molar-refractivity contribution in [2.24, 2.45) is 5.11 Å². The number of carbonyl (C=O) groups is 1. The van der Waals surface area contributed by atoms with E-state index in [2.05, 4.69) is 10.0 Å². The molecule has 2 aliphatic rings. The van der Waals surface area contributed by atoms with Crippen LogP contribution in [0.4, 0.5) is 5.69 Å². The smallest absolute Gasteiger partial charge is 0.292 e. The summed E-state index contributed by atoms with van der Waals surface area (Å²) in [6.07, 6.45) is 0.563. The molecule has 0 atom stereocenters. The maximum atomic E-state index is 12.7. The van der Waals surface area contributed by atoms with Crippen molar-refractivity contribution in [3.63, 3.8) is 0 Å². The first-order chi connectivity index (χ1) is 10.2. The summed E-state index contributed by atoms with van der Waals surface area (Å²) in [4.78, 5) is 17.0. The molecule has 0 aliphatic carbocycles. The number of benzene rings is 1. The fourth-order valence-corrected chi connectivity index (χ4v) is 2.84. The maximum Gasteiger partial charge on any atom is 0.292 e. The molecule has 7 nitrogen and oxygen atoms in total. The number of nitrogens with zero attached hydrogens (tertiary/aromatic N) is 4. The van der Waals surface area contributed by atoms with Crippen LogP contribution in [0, 0.1) is 0 Å². The fraction of sp³-hybridized carbons (Fsp3) is 0.462. The minimum absolute atomic E-state index is 0.252. The molecule has 21 heavy (non-hydrogen) atoms. The zero-order valence-corrected chi connectivity index (χ0v) is 11.9. The number of halogens is 1. The Hall–Kier alpha value is -1.79. The molecular formula is C13H13ClN4O3. The van der Waals surface area contributed by atoms with Gasteiger partial charge in [-0.2, -0.15) is 0 Å². The van der Waals surface area contributed by atoms with Crippen molar-refractivity contribution in [2.75, 3.05) is 31.2 Å². The zero-order chi connectivity index (χ0) is 14.9. The van der Waals surface area contributed by atoms with Crippen LogP contribution >= 0.6 is 11.6 Å². The third kappa shape index (κ3) is 2.24. The van der Waals surface area contributed by atoms with Crippen molar-refractivity contribution in [3.8, 4) is 0 Å². The molecule has 1 aromatic carbocycles. The van der Waals surface area contributed by atoms with Crippen LogP contribution in [0.25, 0.3) is 10.4 Å². The number of hydrogen-bond donors (Lipinski definition) is 0. The van der Waals surface area contributed by atoms with Crippen LogP contribution in [0.2, 0.25) is 5.02 Å². The van der Waals surface area contributed by atoms with Crippen LogP contribution in [0.1, 0.15) is 12.0 Å². The first-order valence-electron chi connectivity index (χ1n) is 6.60. The van der Waals surface area contributed by atoms with Crippen LogP contribution in [-0.4, -0.2) is 32.2 Å². The molecule has 1 fully saturated rings. The number of ether oxygens (including phenoxy) is 2. The van der Waals surface area contributed by atoms with Gasteiger partial charge in [-0.1, -0.05) is 16.7 Å². The van der Waals surface area contributed by atoms with Gasteiger partial charge in [-0.05, 0) is 30.2 Å². The molecule has 0 unspecified atom stereocenters. The van der Waals surface area contributed by atoms with Gasteiger partial charge < -0.3 is 14.4 Å². The Bertz CT molecular complexity index is 624. The normalized spacial score (nSPS) is 18.9. The Morgan fingerprint density at radius 3 is 2.90 bits per heavy atom. The van der Waals surface area contributed by atoms with E-state index in [1.54, 1.807) is 23.1 Å². The monoisotopic (exact) mass is 308 g/mol. The van der Waals surface area contributed by atoms with Gasteiger partial charge in [-0.3, -0.25) is 4.79 Å². The Labute approximate surface area is 126 Å². The van der Waals surface area contributed by atoms with E-state index < -0.39 is 5.79 Å². The number of carbonyl (C=O) groups excluding carboxylic acids is 1. The predicted molar refractivity (Wildman–Crippen MR) is 76.0 cm³/mol. The van der Waals surface area contributed by atoms with Crippen LogP contribution in [0.3, 0.4) is 0 Å². The third-order valence-electron chi connectivity index (χ3n) is 3.53. The Morgan fingerprint density at radius 1 is 1.43 bits per heavy atom. The first-order valence-corrected chi connectivity index (χ1v) is 6.97. The van der Waals surface area contributed by atoms with E-state index in [-0.39, 0.29) is 5.91 Å². The molecule has 0 aromatic heterocycles. The van der Waals surface area contributed by atoms with Crippen LogP contribution in [0.15, 0.2) is 23.3 Å². The van der Waals surface area contributed by atoms with Crippen LogP contribution in [-0.2, 0) is 20.1 Å². The maximum absolute atomic E-state index is 12.7. The van der Waals surface area contributed by atoms with E-state index in [0.29, 0.717) is 43.3 Å². The predicted octanol–water partition coefficient (Wildman–Crippen LogP) is 2.59. The highest BCUT2D eigenvalue weighted by Crippen LogP contribution is 2.46. The summed E-state index contributed by atoms with van der Waals surface area (Å²) in [7, 11) is 0. The summed E-state index contributed by atoms with van der Waals surface area (Å²) in [5.41, 5.74) is 9.66. The van der Waals surface area contributed by atoms with Crippen molar-refractivity contribution >= 4 is 23.2 Å². The van der Waals surface area contributed by atoms with Gasteiger partial charge in [0.1, 0.15) is 0 Å². The molecule has 1 aromatic rings. The van der Waals surface area contributed by atoms with Gasteiger partial charge in [-0.25, -0.2) is 0 Å². The molecule has 0 saturated carbocycles. The molecule has 1 amide bonds. The second-order valence-electron chi connectivity index (χ2n) is 4.74. The summed E-state index contributed by atoms with van der Waals surface area (Å²) >= 11 is 6.03. The number of fused-ring (bicyclic) bond motifs is 2. The van der Waals surface area contributed by atoms with E-state index in [9.17, 15) is 4.79 Å². The number of hydrogen-bond acceptors (Lipinski definition) is 4. The molecule has 0 radical (unpaired) electrons. The highest BCUT2D eigenvalue weighted by atomic mass is 35.5. The average Bonchev–Trinajstić information content (AvgIpc) is 3.05. The molecule has 1 spiro atoms. The van der Waals surface area contributed by atoms with Gasteiger partial charge in [0.2, 0.25) is 0 Å². The molecule has 2 aliphatic heterocycles. The molecule has 0 bridgehead atoms. The lowest BCUT2D eigenvalue weighted by atomic mass is 10.1. The second kappa shape index (κ2) is 5.54. The van der Waals surface area contributed by atoms with Gasteiger partial charge in [0.25, 0.3) is 11.7 Å². The summed E-state index contributed by atoms with van der Waals surface area (Å²) < 4.78 is 11.2. The third-order valence-corrected chi connectivity index (χ3v) is 3.76. The average molecular weight is 309 g/mol. The number of azide groups is 1. The summed E-state index contributed by atoms with van der Waals surface area (Å²) in [6.45, 7) is 1.49. The quantitative estimate of drug-likeness (QED) is 0.370. The molecule has 3 rings (SSSR count). The van der Waals surface area contributed by atoms with Gasteiger partial charge in [0.15, 0.2) is 0 Å². The van der Waals surface area contributed by atoms with E-state index in [0.717, 1.165) is 5.69 Å². The Balaban J connectivity index is 1.93. The van der Waals surface area contributed by atoms with E-state index in [4.69, 9.17) is 26.6 Å². The summed E-state index contributed by atoms with van der Waals surface area (Å²) in [5.74, 6) is -1.61. The van der Waals surface area contributed by atoms with Crippen molar-refractivity contribution in [1.29, 1.82) is 0 Å². The Kier molecular flexibility index (Phi) is 3.73. The fourth-order valence-electron chi connectivity index (χ4n) is 2.67. The standard InChI is InChI=1S/C13H13ClN4O3/c14-9-2-3-11-10(8-9)13(20-6-7-21-13)12(19)18(11)5-1-4-16-17-15/h2-3,8H,1,4-7H2. The van der Waals surface area contributed by atoms with Crippen molar-refractivity contribution < 1.29 is 14.3 Å². The number of rotatable bonds is 4. The molecule has 8 heteroatoms. The highest BCUT2D eigenvalue weighted by Gasteiger charge is 2.55. The number of amides is 1. The topological polar surface area (TPSA) is 87.5 Å². The molecule has 0 N–H and O–H groups in total. The first kappa shape index (κ1) is 14.2. The molecular weight excluding hydrogens is 296 g/mol. The van der Waals surface area contributed by atoms with Crippen molar-refractivity contribution in [1.82, 2.24) is 0 Å². The van der Waals surface area contributed by atoms with Gasteiger partial charge in [0.05, 0.1) is 18.9 Å². The van der Waals surface area contributed by atoms with Crippen molar-refractivity contribution in [3.05, 3.63) is 39.2 Å². The minimum Gasteiger partial charge on any atom is -0.336 e. The number of anilines is 1. The Morgan fingerprint density at radius 2 is 2.19 bits per heavy atom. The lowest BCUT2D eigenvalue weighted by Crippen LogP contribution is -2.41. The molecule has 110 valence electrons. The molecule has 2 heterocycles. The van der Waals surface area contributed by atoms with Gasteiger partial charge in [0, 0.05) is 28.6 Å². The zero-order valence-electron chi connectivity index (χ0n) is 11.2. The SMILES string of the molecule is [N-]=[N+]=NCCCN1C(=O)C2(OCCO2)c2cc(Cl)ccc21. The lowest BCUT2D eigenvalue weighted by molar-refractivity contribution is -0.180. The van der Waals surface area contributed by atoms with Gasteiger partial charge >= 0.3 is 0 Å². The minimum atomic E-state index is -1.36. The summed E-state index contributed by atoms with van der Waals surface area (Å²) in [5, 5.41) is 4.00. The van der Waals surface area contributed by atoms with Crippen LogP contribution < -0.4 is 4.90 Å². The largest absolute Gasteiger partial charge is 0.336 e. The second-order valence-corrected chi connectivity index (χ2v) is 5.18. The molecule has 1 saturated heterocycles. The van der Waals surface area contributed by atoms with E-state index >= 15 is 0 Å².